The monoisotopic (exact) mass is 231 g/mol. The number of rotatable bonds is 6. The second-order valence-corrected chi connectivity index (χ2v) is 3.69. The summed E-state index contributed by atoms with van der Waals surface area (Å²) in [7, 11) is 3.38. The molecule has 7 heteroatoms. The summed E-state index contributed by atoms with van der Waals surface area (Å²) in [6.07, 6.45) is -0.188. The number of carbonyl (C=O) groups is 3. The van der Waals surface area contributed by atoms with Gasteiger partial charge in [-0.2, -0.15) is 0 Å². The van der Waals surface area contributed by atoms with E-state index < -0.39 is 23.8 Å². The van der Waals surface area contributed by atoms with E-state index in [1.54, 1.807) is 19.0 Å². The Hall–Kier alpha value is -1.47. The molecule has 0 rings (SSSR count). The van der Waals surface area contributed by atoms with E-state index in [9.17, 15) is 14.4 Å². The van der Waals surface area contributed by atoms with E-state index in [2.05, 4.69) is 5.32 Å². The molecule has 0 aliphatic heterocycles. The van der Waals surface area contributed by atoms with Crippen molar-refractivity contribution in [2.45, 2.75) is 18.9 Å². The second kappa shape index (κ2) is 6.91. The highest BCUT2D eigenvalue weighted by molar-refractivity contribution is 5.98. The Bertz CT molecular complexity index is 278. The number of likely N-dealkylation sites (N-methyl/N-ethyl adjacent to an activating group) is 1. The van der Waals surface area contributed by atoms with E-state index in [0.717, 1.165) is 0 Å². The summed E-state index contributed by atoms with van der Waals surface area (Å²) in [5.41, 5.74) is 5.40. The number of nitrogens with two attached hydrogens (primary N) is 1. The van der Waals surface area contributed by atoms with Crippen molar-refractivity contribution in [2.24, 2.45) is 5.73 Å². The summed E-state index contributed by atoms with van der Waals surface area (Å²) in [6, 6.07) is -0.970. The quantitative estimate of drug-likeness (QED) is 0.506. The molecule has 0 saturated carbocycles. The molecule has 0 unspecified atom stereocenters. The molecular weight excluding hydrogens is 214 g/mol. The summed E-state index contributed by atoms with van der Waals surface area (Å²) in [6.45, 7) is 0.0807. The number of imide groups is 1. The predicted molar refractivity (Wildman–Crippen MR) is 56.5 cm³/mol. The average Bonchev–Trinajstić information content (AvgIpc) is 2.12. The molecule has 0 fully saturated rings. The Balaban J connectivity index is 3.95. The minimum atomic E-state index is -1.03. The third kappa shape index (κ3) is 6.91. The molecule has 92 valence electrons. The van der Waals surface area contributed by atoms with Crippen molar-refractivity contribution < 1.29 is 19.5 Å². The molecule has 1 atom stereocenters. The number of nitrogens with zero attached hydrogens (tertiary/aromatic N) is 1. The lowest BCUT2D eigenvalue weighted by atomic mass is 10.1. The van der Waals surface area contributed by atoms with Gasteiger partial charge in [-0.3, -0.25) is 19.7 Å². The summed E-state index contributed by atoms with van der Waals surface area (Å²) < 4.78 is 0. The maximum absolute atomic E-state index is 11.3. The molecule has 0 radical (unpaired) electrons. The number of nitrogens with one attached hydrogen (secondary N) is 1. The number of hydrogen-bond acceptors (Lipinski definition) is 5. The fourth-order valence-electron chi connectivity index (χ4n) is 0.967. The van der Waals surface area contributed by atoms with Crippen molar-refractivity contribution in [3.8, 4) is 0 Å². The lowest BCUT2D eigenvalue weighted by Gasteiger charge is -2.12. The lowest BCUT2D eigenvalue weighted by Crippen LogP contribution is -2.46. The summed E-state index contributed by atoms with van der Waals surface area (Å²) in [5, 5.41) is 10.5. The first-order chi connectivity index (χ1) is 7.32. The van der Waals surface area contributed by atoms with Crippen LogP contribution in [0.3, 0.4) is 0 Å². The second-order valence-electron chi connectivity index (χ2n) is 3.69. The molecule has 0 aliphatic rings. The topological polar surface area (TPSA) is 113 Å². The van der Waals surface area contributed by atoms with Gasteiger partial charge in [0.1, 0.15) is 0 Å². The van der Waals surface area contributed by atoms with Crippen molar-refractivity contribution in [3.63, 3.8) is 0 Å². The van der Waals surface area contributed by atoms with E-state index in [0.29, 0.717) is 0 Å². The van der Waals surface area contributed by atoms with Gasteiger partial charge in [-0.15, -0.1) is 0 Å². The fraction of sp³-hybridized carbons (Fsp3) is 0.667. The third-order valence-electron chi connectivity index (χ3n) is 1.73. The van der Waals surface area contributed by atoms with Crippen LogP contribution >= 0.6 is 0 Å². The molecule has 0 aromatic heterocycles. The van der Waals surface area contributed by atoms with E-state index in [1.165, 1.54) is 0 Å². The molecule has 0 bridgehead atoms. The first kappa shape index (κ1) is 14.5. The molecule has 0 spiro atoms. The zero-order valence-corrected chi connectivity index (χ0v) is 9.40. The molecular formula is C9H17N3O4. The largest absolute Gasteiger partial charge is 0.481 e. The van der Waals surface area contributed by atoms with Gasteiger partial charge in [0.25, 0.3) is 0 Å². The van der Waals surface area contributed by atoms with E-state index in [4.69, 9.17) is 10.8 Å². The van der Waals surface area contributed by atoms with Crippen molar-refractivity contribution in [2.75, 3.05) is 20.6 Å². The van der Waals surface area contributed by atoms with Gasteiger partial charge in [0, 0.05) is 6.42 Å². The molecule has 0 saturated heterocycles. The van der Waals surface area contributed by atoms with Gasteiger partial charge in [0.15, 0.2) is 0 Å². The molecule has 2 amide bonds. The van der Waals surface area contributed by atoms with Gasteiger partial charge in [-0.25, -0.2) is 0 Å². The zero-order valence-electron chi connectivity index (χ0n) is 9.40. The minimum Gasteiger partial charge on any atom is -0.481 e. The van der Waals surface area contributed by atoms with E-state index >= 15 is 0 Å². The number of carbonyl (C=O) groups excluding carboxylic acids is 2. The maximum atomic E-state index is 11.3. The van der Waals surface area contributed by atoms with Crippen LogP contribution in [0.5, 0.6) is 0 Å². The fourth-order valence-corrected chi connectivity index (χ4v) is 0.967. The van der Waals surface area contributed by atoms with Crippen LogP contribution in [0.25, 0.3) is 0 Å². The molecule has 0 heterocycles. The van der Waals surface area contributed by atoms with Crippen molar-refractivity contribution >= 4 is 17.8 Å². The van der Waals surface area contributed by atoms with Crippen LogP contribution < -0.4 is 11.1 Å². The molecule has 0 aliphatic carbocycles. The molecule has 0 aromatic rings. The maximum Gasteiger partial charge on any atom is 0.303 e. The Morgan fingerprint density at radius 1 is 1.38 bits per heavy atom. The number of carboxylic acids is 1. The lowest BCUT2D eigenvalue weighted by molar-refractivity contribution is -0.137. The standard InChI is InChI=1S/C9H17N3O4/c1-12(2)5-7(13)11-9(16)6(10)3-4-8(14)15/h6H,3-5,10H2,1-2H3,(H,14,15)(H,11,13,16)/t6-/m0/s1. The smallest absolute Gasteiger partial charge is 0.303 e. The van der Waals surface area contributed by atoms with Crippen LogP contribution in [0.4, 0.5) is 0 Å². The van der Waals surface area contributed by atoms with Crippen molar-refractivity contribution in [1.82, 2.24) is 10.2 Å². The third-order valence-corrected chi connectivity index (χ3v) is 1.73. The minimum absolute atomic E-state index is 0.0103. The van der Waals surface area contributed by atoms with Crippen LogP contribution in [0.2, 0.25) is 0 Å². The van der Waals surface area contributed by atoms with Crippen LogP contribution in [0.1, 0.15) is 12.8 Å². The molecule has 16 heavy (non-hydrogen) atoms. The molecule has 0 aromatic carbocycles. The SMILES string of the molecule is CN(C)CC(=O)NC(=O)[C@@H](N)CCC(=O)O. The van der Waals surface area contributed by atoms with E-state index in [1.807, 2.05) is 0 Å². The van der Waals surface area contributed by atoms with Gasteiger partial charge in [-0.1, -0.05) is 0 Å². The first-order valence-corrected chi connectivity index (χ1v) is 4.78. The van der Waals surface area contributed by atoms with Crippen molar-refractivity contribution in [3.05, 3.63) is 0 Å². The highest BCUT2D eigenvalue weighted by atomic mass is 16.4. The van der Waals surface area contributed by atoms with Crippen LogP contribution in [-0.4, -0.2) is 54.5 Å². The molecule has 4 N–H and O–H groups in total. The highest BCUT2D eigenvalue weighted by Gasteiger charge is 2.17. The summed E-state index contributed by atoms with van der Waals surface area (Å²) in [5.74, 6) is -2.13. The van der Waals surface area contributed by atoms with Crippen molar-refractivity contribution in [1.29, 1.82) is 0 Å². The highest BCUT2D eigenvalue weighted by Crippen LogP contribution is 1.94. The number of carboxylic acid groups (broad SMARTS) is 1. The van der Waals surface area contributed by atoms with E-state index in [-0.39, 0.29) is 19.4 Å². The Labute approximate surface area is 93.6 Å². The summed E-state index contributed by atoms with van der Waals surface area (Å²) in [4.78, 5) is 34.3. The predicted octanol–water partition coefficient (Wildman–Crippen LogP) is -1.62. The van der Waals surface area contributed by atoms with Gasteiger partial charge in [0.05, 0.1) is 12.6 Å². The average molecular weight is 231 g/mol. The number of aliphatic carboxylic acids is 1. The summed E-state index contributed by atoms with van der Waals surface area (Å²) >= 11 is 0. The van der Waals surface area contributed by atoms with Gasteiger partial charge in [0.2, 0.25) is 11.8 Å². The normalized spacial score (nSPS) is 12.2. The van der Waals surface area contributed by atoms with Gasteiger partial charge < -0.3 is 15.7 Å². The Morgan fingerprint density at radius 2 is 1.94 bits per heavy atom. The van der Waals surface area contributed by atoms with Gasteiger partial charge >= 0.3 is 5.97 Å². The number of amides is 2. The van der Waals surface area contributed by atoms with Crippen LogP contribution in [0.15, 0.2) is 0 Å². The van der Waals surface area contributed by atoms with Gasteiger partial charge in [-0.05, 0) is 20.5 Å². The Morgan fingerprint density at radius 3 is 2.38 bits per heavy atom. The zero-order chi connectivity index (χ0) is 12.7. The number of hydrogen-bond donors (Lipinski definition) is 3. The van der Waals surface area contributed by atoms with Crippen LogP contribution in [0, 0.1) is 0 Å². The molecule has 7 nitrogen and oxygen atoms in total. The Kier molecular flexibility index (Phi) is 6.28. The van der Waals surface area contributed by atoms with Crippen LogP contribution in [-0.2, 0) is 14.4 Å². The first-order valence-electron chi connectivity index (χ1n) is 4.78.